The van der Waals surface area contributed by atoms with Crippen LogP contribution < -0.4 is 10.1 Å². The fourth-order valence-electron chi connectivity index (χ4n) is 1.86. The Hall–Kier alpha value is -1.75. The van der Waals surface area contributed by atoms with Gasteiger partial charge in [-0.05, 0) is 60.5 Å². The molecule has 0 aliphatic heterocycles. The van der Waals surface area contributed by atoms with Crippen LogP contribution in [0.1, 0.15) is 28.6 Å². The summed E-state index contributed by atoms with van der Waals surface area (Å²) in [5.41, 5.74) is 2.48. The first-order valence-electron chi connectivity index (χ1n) is 6.32. The number of carbonyl (C=O) groups excluding carboxylic acids is 1. The van der Waals surface area contributed by atoms with E-state index in [0.29, 0.717) is 28.5 Å². The van der Waals surface area contributed by atoms with E-state index in [2.05, 4.69) is 21.2 Å². The van der Waals surface area contributed by atoms with E-state index in [1.54, 1.807) is 6.07 Å². The molecule has 5 heteroatoms. The third-order valence-electron chi connectivity index (χ3n) is 2.78. The number of amides is 1. The van der Waals surface area contributed by atoms with Gasteiger partial charge in [0.05, 0.1) is 12.3 Å². The third kappa shape index (κ3) is 3.22. The normalized spacial score (nSPS) is 10.4. The van der Waals surface area contributed by atoms with Gasteiger partial charge in [0.1, 0.15) is 5.75 Å². The lowest BCUT2D eigenvalue weighted by atomic mass is 10.2. The van der Waals surface area contributed by atoms with Gasteiger partial charge in [-0.1, -0.05) is 6.07 Å². The molecule has 1 heterocycles. The average molecular weight is 338 g/mol. The topological polar surface area (TPSA) is 51.5 Å². The van der Waals surface area contributed by atoms with E-state index < -0.39 is 0 Å². The molecule has 0 unspecified atom stereocenters. The lowest BCUT2D eigenvalue weighted by Gasteiger charge is -2.11. The van der Waals surface area contributed by atoms with E-state index in [0.717, 1.165) is 11.1 Å². The summed E-state index contributed by atoms with van der Waals surface area (Å²) in [6.45, 7) is 6.24. The highest BCUT2D eigenvalue weighted by molar-refractivity contribution is 9.10. The molecule has 4 nitrogen and oxygen atoms in total. The summed E-state index contributed by atoms with van der Waals surface area (Å²) in [6.07, 6.45) is 0. The van der Waals surface area contributed by atoms with Crippen LogP contribution in [0.4, 0.5) is 5.69 Å². The zero-order valence-corrected chi connectivity index (χ0v) is 13.2. The highest BCUT2D eigenvalue weighted by atomic mass is 79.9. The fraction of sp³-hybridized carbons (Fsp3) is 0.267. The molecule has 2 aromatic rings. The third-order valence-corrected chi connectivity index (χ3v) is 3.17. The summed E-state index contributed by atoms with van der Waals surface area (Å²) < 4.78 is 11.4. The van der Waals surface area contributed by atoms with Gasteiger partial charge < -0.3 is 14.5 Å². The van der Waals surface area contributed by atoms with Gasteiger partial charge in [-0.3, -0.25) is 4.79 Å². The van der Waals surface area contributed by atoms with Gasteiger partial charge in [-0.15, -0.1) is 0 Å². The second-order valence-corrected chi connectivity index (χ2v) is 5.23. The van der Waals surface area contributed by atoms with Crippen LogP contribution in [0.2, 0.25) is 0 Å². The van der Waals surface area contributed by atoms with E-state index in [-0.39, 0.29) is 5.91 Å². The number of nitrogens with one attached hydrogen (secondary N) is 1. The van der Waals surface area contributed by atoms with E-state index in [1.807, 2.05) is 39.0 Å². The van der Waals surface area contributed by atoms with Gasteiger partial charge >= 0.3 is 0 Å². The molecule has 0 fully saturated rings. The molecular weight excluding hydrogens is 322 g/mol. The van der Waals surface area contributed by atoms with Crippen LogP contribution in [0.15, 0.2) is 33.4 Å². The Balaban J connectivity index is 2.25. The Morgan fingerprint density at radius 1 is 1.35 bits per heavy atom. The number of benzene rings is 1. The second-order valence-electron chi connectivity index (χ2n) is 4.45. The zero-order chi connectivity index (χ0) is 14.7. The Morgan fingerprint density at radius 3 is 2.70 bits per heavy atom. The van der Waals surface area contributed by atoms with Crippen molar-refractivity contribution in [2.45, 2.75) is 20.8 Å². The van der Waals surface area contributed by atoms with Crippen molar-refractivity contribution in [3.8, 4) is 5.75 Å². The minimum atomic E-state index is -0.294. The Morgan fingerprint density at radius 2 is 2.10 bits per heavy atom. The summed E-state index contributed by atoms with van der Waals surface area (Å²) in [5.74, 6) is 0.655. The highest BCUT2D eigenvalue weighted by Gasteiger charge is 2.16. The SMILES string of the molecule is CCOc1cc(C)ccc1NC(=O)c1oc(Br)cc1C. The molecule has 0 aliphatic rings. The molecule has 1 aromatic carbocycles. The maximum Gasteiger partial charge on any atom is 0.291 e. The number of ether oxygens (including phenoxy) is 1. The maximum absolute atomic E-state index is 12.2. The number of furan rings is 1. The minimum Gasteiger partial charge on any atom is -0.492 e. The Labute approximate surface area is 126 Å². The van der Waals surface area contributed by atoms with E-state index >= 15 is 0 Å². The number of carbonyl (C=O) groups is 1. The number of halogens is 1. The van der Waals surface area contributed by atoms with Crippen molar-refractivity contribution in [2.24, 2.45) is 0 Å². The van der Waals surface area contributed by atoms with Crippen LogP contribution in [0.3, 0.4) is 0 Å². The van der Waals surface area contributed by atoms with Crippen LogP contribution in [-0.2, 0) is 0 Å². The number of anilines is 1. The predicted molar refractivity (Wildman–Crippen MR) is 81.4 cm³/mol. The molecule has 1 amide bonds. The van der Waals surface area contributed by atoms with Crippen molar-refractivity contribution in [3.05, 3.63) is 45.8 Å². The maximum atomic E-state index is 12.2. The largest absolute Gasteiger partial charge is 0.492 e. The monoisotopic (exact) mass is 337 g/mol. The van der Waals surface area contributed by atoms with Crippen molar-refractivity contribution in [1.29, 1.82) is 0 Å². The van der Waals surface area contributed by atoms with Crippen molar-refractivity contribution in [3.63, 3.8) is 0 Å². The van der Waals surface area contributed by atoms with Crippen molar-refractivity contribution >= 4 is 27.5 Å². The molecule has 0 aliphatic carbocycles. The van der Waals surface area contributed by atoms with Crippen LogP contribution in [0.25, 0.3) is 0 Å². The molecular formula is C15H16BrNO3. The van der Waals surface area contributed by atoms with Crippen LogP contribution in [0.5, 0.6) is 5.75 Å². The van der Waals surface area contributed by atoms with E-state index in [4.69, 9.17) is 9.15 Å². The molecule has 0 saturated carbocycles. The van der Waals surface area contributed by atoms with Gasteiger partial charge in [-0.25, -0.2) is 0 Å². The summed E-state index contributed by atoms with van der Waals surface area (Å²) in [6, 6.07) is 7.39. The molecule has 106 valence electrons. The first-order chi connectivity index (χ1) is 9.51. The van der Waals surface area contributed by atoms with Gasteiger partial charge in [-0.2, -0.15) is 0 Å². The van der Waals surface area contributed by atoms with Crippen LogP contribution in [-0.4, -0.2) is 12.5 Å². The van der Waals surface area contributed by atoms with Gasteiger partial charge in [0, 0.05) is 5.56 Å². The van der Waals surface area contributed by atoms with Crippen molar-refractivity contribution in [2.75, 3.05) is 11.9 Å². The number of hydrogen-bond acceptors (Lipinski definition) is 3. The average Bonchev–Trinajstić information content (AvgIpc) is 2.72. The smallest absolute Gasteiger partial charge is 0.291 e. The standard InChI is InChI=1S/C15H16BrNO3/c1-4-19-12-7-9(2)5-6-11(12)17-15(18)14-10(3)8-13(16)20-14/h5-8H,4H2,1-3H3,(H,17,18). The Kier molecular flexibility index (Phi) is 4.49. The van der Waals surface area contributed by atoms with Crippen molar-refractivity contribution in [1.82, 2.24) is 0 Å². The number of aryl methyl sites for hydroxylation is 2. The minimum absolute atomic E-state index is 0.292. The first-order valence-corrected chi connectivity index (χ1v) is 7.11. The Bertz CT molecular complexity index is 634. The molecule has 0 atom stereocenters. The molecule has 0 saturated heterocycles. The summed E-state index contributed by atoms with van der Waals surface area (Å²) in [4.78, 5) is 12.2. The van der Waals surface area contributed by atoms with Crippen molar-refractivity contribution < 1.29 is 13.9 Å². The highest BCUT2D eigenvalue weighted by Crippen LogP contribution is 2.27. The second kappa shape index (κ2) is 6.13. The molecule has 0 spiro atoms. The van der Waals surface area contributed by atoms with Crippen LogP contribution in [0, 0.1) is 13.8 Å². The predicted octanol–water partition coefficient (Wildman–Crippen LogP) is 4.31. The zero-order valence-electron chi connectivity index (χ0n) is 11.6. The summed E-state index contributed by atoms with van der Waals surface area (Å²) >= 11 is 3.21. The quantitative estimate of drug-likeness (QED) is 0.904. The molecule has 1 aromatic heterocycles. The lowest BCUT2D eigenvalue weighted by molar-refractivity contribution is 0.0994. The fourth-order valence-corrected chi connectivity index (χ4v) is 2.36. The molecule has 0 bridgehead atoms. The van der Waals surface area contributed by atoms with Gasteiger partial charge in [0.2, 0.25) is 0 Å². The molecule has 0 radical (unpaired) electrons. The first kappa shape index (κ1) is 14.7. The molecule has 2 rings (SSSR count). The molecule has 20 heavy (non-hydrogen) atoms. The summed E-state index contributed by atoms with van der Waals surface area (Å²) in [7, 11) is 0. The van der Waals surface area contributed by atoms with E-state index in [1.165, 1.54) is 0 Å². The number of hydrogen-bond donors (Lipinski definition) is 1. The van der Waals surface area contributed by atoms with Gasteiger partial charge in [0.25, 0.3) is 5.91 Å². The number of rotatable bonds is 4. The summed E-state index contributed by atoms with van der Waals surface area (Å²) in [5, 5.41) is 2.81. The van der Waals surface area contributed by atoms with E-state index in [9.17, 15) is 4.79 Å². The van der Waals surface area contributed by atoms with Crippen LogP contribution >= 0.6 is 15.9 Å². The molecule has 1 N–H and O–H groups in total. The van der Waals surface area contributed by atoms with Gasteiger partial charge in [0.15, 0.2) is 10.4 Å². The lowest BCUT2D eigenvalue weighted by Crippen LogP contribution is -2.13.